The van der Waals surface area contributed by atoms with Crippen molar-refractivity contribution in [1.82, 2.24) is 4.31 Å². The summed E-state index contributed by atoms with van der Waals surface area (Å²) >= 11 is 3.27. The molecule has 0 radical (unpaired) electrons. The quantitative estimate of drug-likeness (QED) is 0.820. The van der Waals surface area contributed by atoms with E-state index in [0.717, 1.165) is 0 Å². The molecule has 112 valence electrons. The molecule has 1 aromatic rings. The molecule has 6 heteroatoms. The third kappa shape index (κ3) is 3.69. The smallest absolute Gasteiger partial charge is 0.244 e. The van der Waals surface area contributed by atoms with Gasteiger partial charge in [0.05, 0.1) is 11.5 Å². The van der Waals surface area contributed by atoms with E-state index in [1.165, 1.54) is 10.4 Å². The number of halogens is 1. The molecule has 1 rings (SSSR count). The Labute approximate surface area is 129 Å². The number of benzene rings is 1. The molecule has 1 aromatic carbocycles. The summed E-state index contributed by atoms with van der Waals surface area (Å²) in [4.78, 5) is 0.187. The van der Waals surface area contributed by atoms with E-state index < -0.39 is 15.6 Å². The second-order valence-corrected chi connectivity index (χ2v) is 8.10. The van der Waals surface area contributed by atoms with E-state index in [9.17, 15) is 8.42 Å². The Balaban J connectivity index is 3.37. The molecule has 0 fully saturated rings. The Bertz CT molecular complexity index is 591. The third-order valence-electron chi connectivity index (χ3n) is 2.79. The van der Waals surface area contributed by atoms with E-state index in [-0.39, 0.29) is 18.0 Å². The molecule has 4 nitrogen and oxygen atoms in total. The summed E-state index contributed by atoms with van der Waals surface area (Å²) in [5.74, 6) is 0. The van der Waals surface area contributed by atoms with Gasteiger partial charge in [0.2, 0.25) is 10.0 Å². The summed E-state index contributed by atoms with van der Waals surface area (Å²) < 4.78 is 27.4. The molecule has 20 heavy (non-hydrogen) atoms. The molecule has 0 amide bonds. The first-order valence-electron chi connectivity index (χ1n) is 6.17. The lowest BCUT2D eigenvalue weighted by molar-refractivity contribution is 0.269. The number of sulfonamides is 1. The summed E-state index contributed by atoms with van der Waals surface area (Å²) in [6.45, 7) is 9.24. The van der Waals surface area contributed by atoms with Gasteiger partial charge in [-0.3, -0.25) is 0 Å². The van der Waals surface area contributed by atoms with Crippen LogP contribution in [0.15, 0.2) is 40.2 Å². The normalized spacial score (nSPS) is 12.7. The molecular formula is C14H20BrNO3S. The number of hydrogen-bond donors (Lipinski definition) is 1. The first-order chi connectivity index (χ1) is 9.14. The molecule has 0 aliphatic heterocycles. The predicted octanol–water partition coefficient (Wildman–Crippen LogP) is 2.92. The van der Waals surface area contributed by atoms with Crippen LogP contribution < -0.4 is 0 Å². The van der Waals surface area contributed by atoms with Crippen molar-refractivity contribution in [3.05, 3.63) is 40.9 Å². The van der Waals surface area contributed by atoms with Crippen LogP contribution in [0.4, 0.5) is 0 Å². The molecule has 0 atom stereocenters. The highest BCUT2D eigenvalue weighted by Crippen LogP contribution is 2.30. The SMILES string of the molecule is C=CCN(C(C)(C)C)S(=O)(=O)c1ccc(CO)cc1Br. The van der Waals surface area contributed by atoms with Gasteiger partial charge in [0.1, 0.15) is 0 Å². The fraction of sp³-hybridized carbons (Fsp3) is 0.429. The maximum absolute atomic E-state index is 12.8. The zero-order chi connectivity index (χ0) is 15.6. The summed E-state index contributed by atoms with van der Waals surface area (Å²) in [7, 11) is -3.64. The number of rotatable bonds is 5. The topological polar surface area (TPSA) is 57.6 Å². The standard InChI is InChI=1S/C14H20BrNO3S/c1-5-8-16(14(2,3)4)20(18,19)13-7-6-11(10-17)9-12(13)15/h5-7,9,17H,1,8,10H2,2-4H3. The van der Waals surface area contributed by atoms with Gasteiger partial charge in [0.25, 0.3) is 0 Å². The minimum Gasteiger partial charge on any atom is -0.392 e. The van der Waals surface area contributed by atoms with Crippen LogP contribution in [-0.2, 0) is 16.6 Å². The van der Waals surface area contributed by atoms with E-state index in [1.54, 1.807) is 18.2 Å². The lowest BCUT2D eigenvalue weighted by atomic mass is 10.1. The van der Waals surface area contributed by atoms with Crippen molar-refractivity contribution in [2.45, 2.75) is 37.8 Å². The highest BCUT2D eigenvalue weighted by molar-refractivity contribution is 9.10. The van der Waals surface area contributed by atoms with Crippen molar-refractivity contribution in [1.29, 1.82) is 0 Å². The lowest BCUT2D eigenvalue weighted by Gasteiger charge is -2.33. The minimum atomic E-state index is -3.64. The average Bonchev–Trinajstić information content (AvgIpc) is 2.33. The molecule has 0 saturated carbocycles. The van der Waals surface area contributed by atoms with E-state index in [2.05, 4.69) is 22.5 Å². The second kappa shape index (κ2) is 6.39. The Morgan fingerprint density at radius 2 is 2.00 bits per heavy atom. The van der Waals surface area contributed by atoms with Crippen molar-refractivity contribution in [2.75, 3.05) is 6.54 Å². The highest BCUT2D eigenvalue weighted by atomic mass is 79.9. The molecule has 0 saturated heterocycles. The van der Waals surface area contributed by atoms with Crippen LogP contribution in [0.1, 0.15) is 26.3 Å². The fourth-order valence-corrected chi connectivity index (χ4v) is 4.67. The van der Waals surface area contributed by atoms with Crippen molar-refractivity contribution >= 4 is 26.0 Å². The van der Waals surface area contributed by atoms with Gasteiger partial charge in [-0.25, -0.2) is 8.42 Å². The van der Waals surface area contributed by atoms with Gasteiger partial charge in [-0.2, -0.15) is 4.31 Å². The first kappa shape index (κ1) is 17.4. The minimum absolute atomic E-state index is 0.130. The highest BCUT2D eigenvalue weighted by Gasteiger charge is 2.34. The summed E-state index contributed by atoms with van der Waals surface area (Å²) in [5.41, 5.74) is 0.101. The fourth-order valence-electron chi connectivity index (χ4n) is 1.82. The maximum Gasteiger partial charge on any atom is 0.244 e. The Morgan fingerprint density at radius 1 is 1.40 bits per heavy atom. The predicted molar refractivity (Wildman–Crippen MR) is 83.9 cm³/mol. The van der Waals surface area contributed by atoms with Crippen LogP contribution in [0.2, 0.25) is 0 Å². The molecule has 0 aromatic heterocycles. The van der Waals surface area contributed by atoms with Crippen LogP contribution >= 0.6 is 15.9 Å². The molecule has 0 bridgehead atoms. The first-order valence-corrected chi connectivity index (χ1v) is 8.41. The van der Waals surface area contributed by atoms with E-state index in [0.29, 0.717) is 10.0 Å². The molecule has 1 N–H and O–H groups in total. The van der Waals surface area contributed by atoms with Crippen LogP contribution in [0, 0.1) is 0 Å². The number of nitrogens with zero attached hydrogens (tertiary/aromatic N) is 1. The molecule has 0 unspecified atom stereocenters. The van der Waals surface area contributed by atoms with E-state index >= 15 is 0 Å². The van der Waals surface area contributed by atoms with Gasteiger partial charge in [-0.05, 0) is 54.4 Å². The second-order valence-electron chi connectivity index (χ2n) is 5.42. The third-order valence-corrected chi connectivity index (χ3v) is 5.90. The molecule has 0 spiro atoms. The largest absolute Gasteiger partial charge is 0.392 e. The Kier molecular flexibility index (Phi) is 5.54. The number of hydrogen-bond acceptors (Lipinski definition) is 3. The van der Waals surface area contributed by atoms with Crippen LogP contribution in [-0.4, -0.2) is 29.9 Å². The summed E-state index contributed by atoms with van der Waals surface area (Å²) in [6.07, 6.45) is 1.57. The van der Waals surface area contributed by atoms with Crippen LogP contribution in [0.3, 0.4) is 0 Å². The summed E-state index contributed by atoms with van der Waals surface area (Å²) in [5, 5.41) is 9.08. The zero-order valence-electron chi connectivity index (χ0n) is 11.9. The van der Waals surface area contributed by atoms with Gasteiger partial charge >= 0.3 is 0 Å². The van der Waals surface area contributed by atoms with Gasteiger partial charge in [0.15, 0.2) is 0 Å². The van der Waals surface area contributed by atoms with Crippen LogP contribution in [0.5, 0.6) is 0 Å². The molecular weight excluding hydrogens is 342 g/mol. The van der Waals surface area contributed by atoms with Crippen LogP contribution in [0.25, 0.3) is 0 Å². The zero-order valence-corrected chi connectivity index (χ0v) is 14.3. The van der Waals surface area contributed by atoms with Crippen molar-refractivity contribution < 1.29 is 13.5 Å². The lowest BCUT2D eigenvalue weighted by Crippen LogP contribution is -2.45. The van der Waals surface area contributed by atoms with Gasteiger partial charge in [-0.1, -0.05) is 12.1 Å². The average molecular weight is 362 g/mol. The number of aliphatic hydroxyl groups is 1. The molecule has 0 aliphatic carbocycles. The Morgan fingerprint density at radius 3 is 2.40 bits per heavy atom. The van der Waals surface area contributed by atoms with E-state index in [4.69, 9.17) is 5.11 Å². The van der Waals surface area contributed by atoms with E-state index in [1.807, 2.05) is 20.8 Å². The number of aliphatic hydroxyl groups excluding tert-OH is 1. The van der Waals surface area contributed by atoms with Gasteiger partial charge in [-0.15, -0.1) is 6.58 Å². The Hall–Kier alpha value is -0.690. The molecule has 0 heterocycles. The summed E-state index contributed by atoms with van der Waals surface area (Å²) in [6, 6.07) is 4.72. The van der Waals surface area contributed by atoms with Crippen molar-refractivity contribution in [2.24, 2.45) is 0 Å². The van der Waals surface area contributed by atoms with Gasteiger partial charge < -0.3 is 5.11 Å². The van der Waals surface area contributed by atoms with Crippen molar-refractivity contribution in [3.8, 4) is 0 Å². The monoisotopic (exact) mass is 361 g/mol. The maximum atomic E-state index is 12.8. The van der Waals surface area contributed by atoms with Gasteiger partial charge in [0, 0.05) is 16.6 Å². The van der Waals surface area contributed by atoms with Crippen molar-refractivity contribution in [3.63, 3.8) is 0 Å². The molecule has 0 aliphatic rings.